The van der Waals surface area contributed by atoms with Gasteiger partial charge in [0.15, 0.2) is 0 Å². The predicted molar refractivity (Wildman–Crippen MR) is 133 cm³/mol. The van der Waals surface area contributed by atoms with Crippen LogP contribution in [-0.2, 0) is 11.2 Å². The molecular formula is C26H33BrO3S. The van der Waals surface area contributed by atoms with Crippen molar-refractivity contribution < 1.29 is 14.6 Å². The fraction of sp³-hybridized carbons (Fsp3) is 0.500. The second-order valence-electron chi connectivity index (χ2n) is 8.34. The summed E-state index contributed by atoms with van der Waals surface area (Å²) in [5, 5.41) is 10.4. The van der Waals surface area contributed by atoms with Gasteiger partial charge in [-0.3, -0.25) is 0 Å². The number of rotatable bonds is 11. The van der Waals surface area contributed by atoms with E-state index in [1.54, 1.807) is 0 Å². The summed E-state index contributed by atoms with van der Waals surface area (Å²) >= 11 is 5.35. The molecule has 2 atom stereocenters. The summed E-state index contributed by atoms with van der Waals surface area (Å²) in [6.07, 6.45) is 9.39. The van der Waals surface area contributed by atoms with Gasteiger partial charge in [-0.15, -0.1) is 11.3 Å². The first-order valence-electron chi connectivity index (χ1n) is 11.4. The van der Waals surface area contributed by atoms with Crippen molar-refractivity contribution in [1.82, 2.24) is 0 Å². The van der Waals surface area contributed by atoms with Gasteiger partial charge in [0.1, 0.15) is 4.88 Å². The molecule has 2 aromatic rings. The highest BCUT2D eigenvalue weighted by Gasteiger charge is 2.25. The maximum absolute atomic E-state index is 11.6. The molecule has 3 nitrogen and oxygen atoms in total. The van der Waals surface area contributed by atoms with Crippen LogP contribution in [0.1, 0.15) is 90.1 Å². The lowest BCUT2D eigenvalue weighted by Crippen LogP contribution is -2.02. The van der Waals surface area contributed by atoms with Gasteiger partial charge in [0.2, 0.25) is 0 Å². The zero-order valence-corrected chi connectivity index (χ0v) is 20.9. The molecule has 1 aliphatic rings. The Balaban J connectivity index is 1.57. The molecule has 3 rings (SSSR count). The van der Waals surface area contributed by atoms with Crippen LogP contribution in [0.4, 0.5) is 0 Å². The Morgan fingerprint density at radius 2 is 1.97 bits per heavy atom. The number of aliphatic hydroxyl groups is 1. The van der Waals surface area contributed by atoms with Crippen LogP contribution < -0.4 is 0 Å². The molecule has 1 unspecified atom stereocenters. The molecular weight excluding hydrogens is 472 g/mol. The number of thiophene rings is 1. The Kier molecular flexibility index (Phi) is 9.36. The zero-order valence-electron chi connectivity index (χ0n) is 18.5. The summed E-state index contributed by atoms with van der Waals surface area (Å²) in [6, 6.07) is 12.4. The number of ether oxygens (including phenoxy) is 1. The smallest absolute Gasteiger partial charge is 0.348 e. The minimum Gasteiger partial charge on any atom is -0.465 e. The van der Waals surface area contributed by atoms with E-state index in [0.29, 0.717) is 10.8 Å². The van der Waals surface area contributed by atoms with Gasteiger partial charge in [-0.2, -0.15) is 0 Å². The molecule has 0 radical (unpaired) electrons. The van der Waals surface area contributed by atoms with Crippen LogP contribution in [0, 0.1) is 5.92 Å². The number of carbonyl (C=O) groups excluding carboxylic acids is 1. The second-order valence-corrected chi connectivity index (χ2v) is 10.5. The van der Waals surface area contributed by atoms with Crippen molar-refractivity contribution in [1.29, 1.82) is 0 Å². The maximum Gasteiger partial charge on any atom is 0.348 e. The summed E-state index contributed by atoms with van der Waals surface area (Å²) in [5.41, 5.74) is 3.71. The van der Waals surface area contributed by atoms with Gasteiger partial charge < -0.3 is 9.84 Å². The Morgan fingerprint density at radius 1 is 1.19 bits per heavy atom. The first kappa shape index (κ1) is 24.2. The molecule has 1 aromatic carbocycles. The van der Waals surface area contributed by atoms with Crippen LogP contribution in [0.15, 0.2) is 40.9 Å². The number of carbonyl (C=O) groups is 1. The highest BCUT2D eigenvalue weighted by molar-refractivity contribution is 9.11. The number of esters is 1. The fourth-order valence-corrected chi connectivity index (χ4v) is 6.12. The van der Waals surface area contributed by atoms with E-state index in [1.807, 2.05) is 12.1 Å². The van der Waals surface area contributed by atoms with E-state index in [9.17, 15) is 9.90 Å². The number of aliphatic hydroxyl groups excluding tert-OH is 1. The van der Waals surface area contributed by atoms with Gasteiger partial charge in [-0.25, -0.2) is 4.79 Å². The molecule has 1 heterocycles. The minimum absolute atomic E-state index is 0.250. The predicted octanol–water partition coefficient (Wildman–Crippen LogP) is 7.69. The lowest BCUT2D eigenvalue weighted by molar-refractivity contribution is 0.0606. The number of benzene rings is 1. The maximum atomic E-state index is 11.6. The van der Waals surface area contributed by atoms with E-state index < -0.39 is 0 Å². The topological polar surface area (TPSA) is 46.5 Å². The second kappa shape index (κ2) is 12.0. The number of hydrogen-bond acceptors (Lipinski definition) is 4. The SMILES string of the molecule is CCCCC[C@H](O)c1ccc(C2=C(Br)CCC2CCCc2ccc(C(=O)OC)s2)cc1. The Hall–Kier alpha value is -1.43. The van der Waals surface area contributed by atoms with Gasteiger partial charge in [-0.1, -0.05) is 66.4 Å². The minimum atomic E-state index is -0.363. The van der Waals surface area contributed by atoms with Crippen LogP contribution in [0.3, 0.4) is 0 Å². The molecule has 0 saturated heterocycles. The third-order valence-corrected chi connectivity index (χ3v) is 8.07. The Bertz CT molecular complexity index is 884. The summed E-state index contributed by atoms with van der Waals surface area (Å²) in [5.74, 6) is 0.301. The highest BCUT2D eigenvalue weighted by atomic mass is 79.9. The average Bonchev–Trinajstić information content (AvgIpc) is 3.40. The summed E-state index contributed by atoms with van der Waals surface area (Å²) < 4.78 is 6.12. The van der Waals surface area contributed by atoms with Gasteiger partial charge in [0, 0.05) is 4.88 Å². The third-order valence-electron chi connectivity index (χ3n) is 6.12. The van der Waals surface area contributed by atoms with Crippen LogP contribution in [0.2, 0.25) is 0 Å². The number of unbranched alkanes of at least 4 members (excludes halogenated alkanes) is 2. The van der Waals surface area contributed by atoms with Crippen molar-refractivity contribution in [2.75, 3.05) is 7.11 Å². The number of halogens is 1. The van der Waals surface area contributed by atoms with Gasteiger partial charge >= 0.3 is 5.97 Å². The summed E-state index contributed by atoms with van der Waals surface area (Å²) in [6.45, 7) is 2.19. The van der Waals surface area contributed by atoms with E-state index in [0.717, 1.165) is 44.1 Å². The van der Waals surface area contributed by atoms with Crippen LogP contribution in [0.25, 0.3) is 5.57 Å². The average molecular weight is 506 g/mol. The summed E-state index contributed by atoms with van der Waals surface area (Å²) in [4.78, 5) is 13.6. The van der Waals surface area contributed by atoms with Crippen molar-refractivity contribution in [3.8, 4) is 0 Å². The molecule has 0 spiro atoms. The van der Waals surface area contributed by atoms with Gasteiger partial charge in [0.25, 0.3) is 0 Å². The first-order valence-corrected chi connectivity index (χ1v) is 13.0. The molecule has 1 aliphatic carbocycles. The van der Waals surface area contributed by atoms with Crippen molar-refractivity contribution in [2.45, 2.75) is 70.8 Å². The molecule has 168 valence electrons. The van der Waals surface area contributed by atoms with E-state index in [1.165, 1.54) is 58.2 Å². The highest BCUT2D eigenvalue weighted by Crippen LogP contribution is 2.44. The number of allylic oxidation sites excluding steroid dienone is 2. The van der Waals surface area contributed by atoms with Crippen LogP contribution in [0.5, 0.6) is 0 Å². The Morgan fingerprint density at radius 3 is 2.68 bits per heavy atom. The van der Waals surface area contributed by atoms with Crippen molar-refractivity contribution in [3.05, 3.63) is 61.8 Å². The standard InChI is InChI=1S/C26H33BrO3S/c1-3-4-5-9-23(28)18-10-12-20(13-11-18)25-19(14-16-22(25)27)7-6-8-21-15-17-24(31-21)26(29)30-2/h10-13,15,17,19,23,28H,3-9,14,16H2,1-2H3/t19?,23-/m0/s1. The van der Waals surface area contributed by atoms with E-state index in [4.69, 9.17) is 4.74 Å². The largest absolute Gasteiger partial charge is 0.465 e. The first-order chi connectivity index (χ1) is 15.0. The molecule has 0 bridgehead atoms. The van der Waals surface area contributed by atoms with Gasteiger partial charge in [-0.05, 0) is 77.8 Å². The molecule has 0 aliphatic heterocycles. The fourth-order valence-electron chi connectivity index (χ4n) is 4.37. The van der Waals surface area contributed by atoms with Crippen molar-refractivity contribution in [2.24, 2.45) is 5.92 Å². The van der Waals surface area contributed by atoms with E-state index in [-0.39, 0.29) is 12.1 Å². The Labute approximate surface area is 198 Å². The number of methoxy groups -OCH3 is 1. The number of hydrogen-bond donors (Lipinski definition) is 1. The van der Waals surface area contributed by atoms with Crippen molar-refractivity contribution >= 4 is 38.8 Å². The van der Waals surface area contributed by atoms with Crippen LogP contribution >= 0.6 is 27.3 Å². The van der Waals surface area contributed by atoms with E-state index >= 15 is 0 Å². The lowest BCUT2D eigenvalue weighted by Gasteiger charge is -2.17. The molecule has 1 N–H and O–H groups in total. The normalized spacial score (nSPS) is 17.2. The molecule has 0 saturated carbocycles. The molecule has 5 heteroatoms. The van der Waals surface area contributed by atoms with Crippen molar-refractivity contribution in [3.63, 3.8) is 0 Å². The zero-order chi connectivity index (χ0) is 22.2. The number of aryl methyl sites for hydroxylation is 1. The monoisotopic (exact) mass is 504 g/mol. The quantitative estimate of drug-likeness (QED) is 0.252. The summed E-state index contributed by atoms with van der Waals surface area (Å²) in [7, 11) is 1.42. The van der Waals surface area contributed by atoms with E-state index in [2.05, 4.69) is 47.1 Å². The molecule has 0 amide bonds. The molecule has 1 aromatic heterocycles. The van der Waals surface area contributed by atoms with Gasteiger partial charge in [0.05, 0.1) is 13.2 Å². The third kappa shape index (κ3) is 6.53. The lowest BCUT2D eigenvalue weighted by atomic mass is 9.89. The molecule has 0 fully saturated rings. The van der Waals surface area contributed by atoms with Crippen LogP contribution in [-0.4, -0.2) is 18.2 Å². The molecule has 31 heavy (non-hydrogen) atoms.